The summed E-state index contributed by atoms with van der Waals surface area (Å²) in [6.07, 6.45) is 9.08. The molecule has 0 amide bonds. The highest BCUT2D eigenvalue weighted by Gasteiger charge is 2.20. The van der Waals surface area contributed by atoms with Crippen LogP contribution in [-0.4, -0.2) is 21.2 Å². The minimum atomic E-state index is 0.817. The van der Waals surface area contributed by atoms with E-state index < -0.39 is 0 Å². The first kappa shape index (κ1) is 15.2. The van der Waals surface area contributed by atoms with Gasteiger partial charge in [-0.3, -0.25) is 10.4 Å². The fourth-order valence-corrected chi connectivity index (χ4v) is 4.33. The first-order valence-electron chi connectivity index (χ1n) is 8.36. The zero-order valence-corrected chi connectivity index (χ0v) is 14.4. The number of hydrogen-bond acceptors (Lipinski definition) is 6. The van der Waals surface area contributed by atoms with E-state index in [-0.39, 0.29) is 0 Å². The Bertz CT molecular complexity index is 885. The number of fused-ring (bicyclic) bond motifs is 3. The van der Waals surface area contributed by atoms with Crippen molar-refractivity contribution in [3.63, 3.8) is 0 Å². The Balaban J connectivity index is 1.72. The highest BCUT2D eigenvalue weighted by atomic mass is 32.1. The van der Waals surface area contributed by atoms with E-state index in [1.54, 1.807) is 12.4 Å². The highest BCUT2D eigenvalue weighted by Crippen LogP contribution is 2.38. The average molecular weight is 337 g/mol. The molecule has 0 saturated heterocycles. The van der Waals surface area contributed by atoms with Gasteiger partial charge in [0.1, 0.15) is 10.7 Å². The van der Waals surface area contributed by atoms with E-state index in [1.165, 1.54) is 23.3 Å². The Hall–Kier alpha value is -2.34. The third-order valence-electron chi connectivity index (χ3n) is 4.23. The van der Waals surface area contributed by atoms with Gasteiger partial charge in [-0.05, 0) is 43.4 Å². The van der Waals surface area contributed by atoms with E-state index in [0.29, 0.717) is 0 Å². The molecule has 0 atom stereocenters. The smallest absolute Gasteiger partial charge is 0.159 e. The van der Waals surface area contributed by atoms with Gasteiger partial charge in [0.2, 0.25) is 0 Å². The molecule has 1 aliphatic rings. The van der Waals surface area contributed by atoms with Crippen molar-refractivity contribution < 1.29 is 0 Å². The van der Waals surface area contributed by atoms with E-state index in [0.717, 1.165) is 46.8 Å². The molecule has 24 heavy (non-hydrogen) atoms. The van der Waals surface area contributed by atoms with Crippen molar-refractivity contribution in [1.29, 1.82) is 0 Å². The van der Waals surface area contributed by atoms with Crippen LogP contribution in [0.1, 0.15) is 41.7 Å². The topological polar surface area (TPSA) is 63.1 Å². The van der Waals surface area contributed by atoms with Crippen LogP contribution in [0.25, 0.3) is 10.2 Å². The number of nitrogens with zero attached hydrogens (tertiary/aromatic N) is 4. The molecule has 0 saturated carbocycles. The number of aromatic nitrogens is 3. The van der Waals surface area contributed by atoms with E-state index in [2.05, 4.69) is 27.4 Å². The van der Waals surface area contributed by atoms with E-state index in [9.17, 15) is 0 Å². The van der Waals surface area contributed by atoms with Gasteiger partial charge in [0.15, 0.2) is 5.82 Å². The molecule has 1 aliphatic carbocycles. The Morgan fingerprint density at radius 2 is 2.17 bits per heavy atom. The number of pyridine rings is 1. The maximum Gasteiger partial charge on any atom is 0.159 e. The molecule has 0 spiro atoms. The number of rotatable bonds is 4. The summed E-state index contributed by atoms with van der Waals surface area (Å²) in [5, 5.41) is 5.50. The summed E-state index contributed by atoms with van der Waals surface area (Å²) < 4.78 is 0. The Morgan fingerprint density at radius 3 is 3.00 bits per heavy atom. The van der Waals surface area contributed by atoms with Crippen LogP contribution in [0.5, 0.6) is 0 Å². The lowest BCUT2D eigenvalue weighted by Gasteiger charge is -2.11. The highest BCUT2D eigenvalue weighted by molar-refractivity contribution is 7.19. The second kappa shape index (κ2) is 6.65. The van der Waals surface area contributed by atoms with Gasteiger partial charge in [-0.2, -0.15) is 5.10 Å². The molecule has 0 aromatic carbocycles. The Morgan fingerprint density at radius 1 is 1.25 bits per heavy atom. The quantitative estimate of drug-likeness (QED) is 0.578. The number of anilines is 1. The number of aryl methyl sites for hydroxylation is 3. The maximum atomic E-state index is 4.73. The van der Waals surface area contributed by atoms with Crippen molar-refractivity contribution in [2.75, 3.05) is 5.43 Å². The standard InChI is InChI=1S/C18H19N5S/c1-2-15-21-17(23-20-11-12-7-5-6-10-19-12)16-13-8-3-4-9-14(13)24-18(16)22-15/h5-7,10-11H,2-4,8-9H2,1H3,(H,21,22,23). The summed E-state index contributed by atoms with van der Waals surface area (Å²) in [5.74, 6) is 1.68. The van der Waals surface area contributed by atoms with E-state index in [1.807, 2.05) is 29.5 Å². The molecule has 0 unspecified atom stereocenters. The summed E-state index contributed by atoms with van der Waals surface area (Å²) in [6.45, 7) is 2.08. The van der Waals surface area contributed by atoms with Gasteiger partial charge in [0.25, 0.3) is 0 Å². The number of hydrazone groups is 1. The van der Waals surface area contributed by atoms with Gasteiger partial charge < -0.3 is 0 Å². The van der Waals surface area contributed by atoms with Gasteiger partial charge >= 0.3 is 0 Å². The van der Waals surface area contributed by atoms with Crippen LogP contribution in [0.2, 0.25) is 0 Å². The fourth-order valence-electron chi connectivity index (χ4n) is 3.05. The van der Waals surface area contributed by atoms with Crippen molar-refractivity contribution in [1.82, 2.24) is 15.0 Å². The Kier molecular flexibility index (Phi) is 4.21. The predicted octanol–water partition coefficient (Wildman–Crippen LogP) is 3.97. The first-order chi connectivity index (χ1) is 11.8. The lowest BCUT2D eigenvalue weighted by atomic mass is 9.97. The first-order valence-corrected chi connectivity index (χ1v) is 9.18. The maximum absolute atomic E-state index is 4.73. The normalized spacial score (nSPS) is 14.2. The summed E-state index contributed by atoms with van der Waals surface area (Å²) in [4.78, 5) is 16.2. The zero-order chi connectivity index (χ0) is 16.4. The molecule has 122 valence electrons. The average Bonchev–Trinajstić information content (AvgIpc) is 3.01. The van der Waals surface area contributed by atoms with Crippen LogP contribution in [-0.2, 0) is 19.3 Å². The summed E-state index contributed by atoms with van der Waals surface area (Å²) >= 11 is 1.82. The van der Waals surface area contributed by atoms with Gasteiger partial charge in [-0.1, -0.05) is 13.0 Å². The third kappa shape index (κ3) is 2.89. The molecule has 0 fully saturated rings. The molecule has 0 bridgehead atoms. The second-order valence-corrected chi connectivity index (χ2v) is 6.94. The summed E-state index contributed by atoms with van der Waals surface area (Å²) in [7, 11) is 0. The van der Waals surface area contributed by atoms with Gasteiger partial charge in [0, 0.05) is 17.5 Å². The van der Waals surface area contributed by atoms with Crippen LogP contribution >= 0.6 is 11.3 Å². The van der Waals surface area contributed by atoms with Crippen LogP contribution in [0.4, 0.5) is 5.82 Å². The van der Waals surface area contributed by atoms with Gasteiger partial charge in [-0.15, -0.1) is 11.3 Å². The van der Waals surface area contributed by atoms with Crippen LogP contribution < -0.4 is 5.43 Å². The molecule has 0 radical (unpaired) electrons. The zero-order valence-electron chi connectivity index (χ0n) is 13.6. The van der Waals surface area contributed by atoms with E-state index >= 15 is 0 Å². The van der Waals surface area contributed by atoms with Crippen LogP contribution in [0, 0.1) is 0 Å². The third-order valence-corrected chi connectivity index (χ3v) is 5.42. The van der Waals surface area contributed by atoms with Crippen molar-refractivity contribution in [3.05, 3.63) is 46.4 Å². The van der Waals surface area contributed by atoms with Crippen molar-refractivity contribution >= 4 is 33.6 Å². The largest absolute Gasteiger partial charge is 0.261 e. The molecule has 0 aliphatic heterocycles. The summed E-state index contributed by atoms with van der Waals surface area (Å²) in [6, 6.07) is 5.76. The van der Waals surface area contributed by atoms with Crippen LogP contribution in [0.3, 0.4) is 0 Å². The molecule has 5 nitrogen and oxygen atoms in total. The van der Waals surface area contributed by atoms with Gasteiger partial charge in [-0.25, -0.2) is 9.97 Å². The SMILES string of the molecule is CCc1nc(NN=Cc2ccccn2)c2c3c(sc2n1)CCCC3. The lowest BCUT2D eigenvalue weighted by molar-refractivity contribution is 0.700. The second-order valence-electron chi connectivity index (χ2n) is 5.86. The molecule has 4 rings (SSSR count). The monoisotopic (exact) mass is 337 g/mol. The number of hydrogen-bond donors (Lipinski definition) is 1. The molecule has 3 aromatic heterocycles. The van der Waals surface area contributed by atoms with Crippen molar-refractivity contribution in [2.24, 2.45) is 5.10 Å². The van der Waals surface area contributed by atoms with Crippen molar-refractivity contribution in [2.45, 2.75) is 39.0 Å². The molecule has 3 heterocycles. The molecular weight excluding hydrogens is 318 g/mol. The molecule has 1 N–H and O–H groups in total. The minimum Gasteiger partial charge on any atom is -0.261 e. The van der Waals surface area contributed by atoms with Crippen molar-refractivity contribution in [3.8, 4) is 0 Å². The lowest BCUT2D eigenvalue weighted by Crippen LogP contribution is -2.03. The van der Waals surface area contributed by atoms with E-state index in [4.69, 9.17) is 4.98 Å². The molecule has 6 heteroatoms. The number of nitrogens with one attached hydrogen (secondary N) is 1. The molecular formula is C18H19N5S. The Labute approximate surface area is 144 Å². The molecule has 3 aromatic rings. The van der Waals surface area contributed by atoms with Gasteiger partial charge in [0.05, 0.1) is 17.3 Å². The number of thiophene rings is 1. The summed E-state index contributed by atoms with van der Waals surface area (Å²) in [5.41, 5.74) is 5.37. The minimum absolute atomic E-state index is 0.817. The predicted molar refractivity (Wildman–Crippen MR) is 98.9 cm³/mol. The van der Waals surface area contributed by atoms with Crippen LogP contribution in [0.15, 0.2) is 29.5 Å². The fraction of sp³-hybridized carbons (Fsp3) is 0.333.